The fourth-order valence-corrected chi connectivity index (χ4v) is 1.62. The number of nitrogens with one attached hydrogen (secondary N) is 1. The Labute approximate surface area is 114 Å². The number of amides is 2. The molecular formula is C12H15N3O5. The highest BCUT2D eigenvalue weighted by molar-refractivity contribution is 6.00. The standard InChI is InChI=1S/C12H15N3O5/c1-6(16)7-3-9(15(2)5-7)11(18)14-8(12(19)20)4-10(13)17/h3,5,8H,4H2,1-2H3,(H2,13,17)(H,14,18)(H,19,20)/t8-/m1/s1. The Balaban J connectivity index is 2.91. The van der Waals surface area contributed by atoms with Gasteiger partial charge in [0.2, 0.25) is 5.91 Å². The Bertz CT molecular complexity index is 576. The number of carboxylic acids is 1. The number of aromatic nitrogens is 1. The summed E-state index contributed by atoms with van der Waals surface area (Å²) in [7, 11) is 1.55. The van der Waals surface area contributed by atoms with Crippen molar-refractivity contribution in [1.82, 2.24) is 9.88 Å². The summed E-state index contributed by atoms with van der Waals surface area (Å²) in [5, 5.41) is 11.1. The molecule has 2 amide bonds. The van der Waals surface area contributed by atoms with E-state index in [-0.39, 0.29) is 11.5 Å². The quantitative estimate of drug-likeness (QED) is 0.592. The molecule has 1 atom stereocenters. The molecule has 8 nitrogen and oxygen atoms in total. The number of hydrogen-bond donors (Lipinski definition) is 3. The van der Waals surface area contributed by atoms with Crippen molar-refractivity contribution in [1.29, 1.82) is 0 Å². The summed E-state index contributed by atoms with van der Waals surface area (Å²) in [5.74, 6) is -3.12. The van der Waals surface area contributed by atoms with Crippen LogP contribution in [0.3, 0.4) is 0 Å². The van der Waals surface area contributed by atoms with Gasteiger partial charge in [0.05, 0.1) is 6.42 Å². The fraction of sp³-hybridized carbons (Fsp3) is 0.333. The largest absolute Gasteiger partial charge is 0.480 e. The lowest BCUT2D eigenvalue weighted by Gasteiger charge is -2.12. The van der Waals surface area contributed by atoms with Gasteiger partial charge in [-0.25, -0.2) is 4.79 Å². The summed E-state index contributed by atoms with van der Waals surface area (Å²) >= 11 is 0. The van der Waals surface area contributed by atoms with Crippen LogP contribution in [0.5, 0.6) is 0 Å². The highest BCUT2D eigenvalue weighted by Crippen LogP contribution is 2.08. The van der Waals surface area contributed by atoms with E-state index in [1.807, 2.05) is 0 Å². The molecule has 4 N–H and O–H groups in total. The van der Waals surface area contributed by atoms with Crippen LogP contribution in [0.4, 0.5) is 0 Å². The van der Waals surface area contributed by atoms with Crippen molar-refractivity contribution in [2.45, 2.75) is 19.4 Å². The third-order valence-electron chi connectivity index (χ3n) is 2.65. The first-order chi connectivity index (χ1) is 9.22. The number of hydrogen-bond acceptors (Lipinski definition) is 4. The van der Waals surface area contributed by atoms with E-state index >= 15 is 0 Å². The van der Waals surface area contributed by atoms with Crippen molar-refractivity contribution in [2.24, 2.45) is 12.8 Å². The topological polar surface area (TPSA) is 131 Å². The summed E-state index contributed by atoms with van der Waals surface area (Å²) in [6, 6.07) is -0.0587. The van der Waals surface area contributed by atoms with Crippen LogP contribution < -0.4 is 11.1 Å². The number of carbonyl (C=O) groups excluding carboxylic acids is 3. The number of rotatable bonds is 6. The minimum atomic E-state index is -1.41. The Morgan fingerprint density at radius 2 is 2.00 bits per heavy atom. The van der Waals surface area contributed by atoms with Gasteiger partial charge in [0.1, 0.15) is 11.7 Å². The molecule has 0 saturated carbocycles. The number of primary amides is 1. The van der Waals surface area contributed by atoms with E-state index in [2.05, 4.69) is 5.32 Å². The molecule has 0 aliphatic carbocycles. The van der Waals surface area contributed by atoms with Crippen molar-refractivity contribution >= 4 is 23.6 Å². The first kappa shape index (κ1) is 15.4. The van der Waals surface area contributed by atoms with E-state index in [0.717, 1.165) is 0 Å². The molecular weight excluding hydrogens is 266 g/mol. The van der Waals surface area contributed by atoms with Gasteiger partial charge in [0.15, 0.2) is 5.78 Å². The molecule has 0 radical (unpaired) electrons. The molecule has 1 aromatic rings. The molecule has 0 aliphatic rings. The SMILES string of the molecule is CC(=O)c1cc(C(=O)N[C@H](CC(N)=O)C(=O)O)n(C)c1. The third kappa shape index (κ3) is 3.67. The van der Waals surface area contributed by atoms with Gasteiger partial charge in [-0.15, -0.1) is 0 Å². The van der Waals surface area contributed by atoms with Crippen LogP contribution in [0.2, 0.25) is 0 Å². The van der Waals surface area contributed by atoms with Crippen LogP contribution in [0, 0.1) is 0 Å². The van der Waals surface area contributed by atoms with Gasteiger partial charge in [0.25, 0.3) is 5.91 Å². The van der Waals surface area contributed by atoms with Crippen LogP contribution in [0.1, 0.15) is 34.2 Å². The van der Waals surface area contributed by atoms with E-state index < -0.39 is 30.2 Å². The first-order valence-corrected chi connectivity index (χ1v) is 5.71. The number of carbonyl (C=O) groups is 4. The highest BCUT2D eigenvalue weighted by Gasteiger charge is 2.24. The molecule has 108 valence electrons. The summed E-state index contributed by atoms with van der Waals surface area (Å²) in [6.07, 6.45) is 0.951. The number of carboxylic acid groups (broad SMARTS) is 1. The van der Waals surface area contributed by atoms with Crippen LogP contribution in [-0.4, -0.2) is 39.3 Å². The lowest BCUT2D eigenvalue weighted by Crippen LogP contribution is -2.43. The summed E-state index contributed by atoms with van der Waals surface area (Å²) < 4.78 is 1.40. The molecule has 0 aliphatic heterocycles. The van der Waals surface area contributed by atoms with E-state index in [9.17, 15) is 19.2 Å². The molecule has 8 heteroatoms. The van der Waals surface area contributed by atoms with Gasteiger partial charge in [0, 0.05) is 18.8 Å². The smallest absolute Gasteiger partial charge is 0.326 e. The second-order valence-electron chi connectivity index (χ2n) is 4.32. The van der Waals surface area contributed by atoms with Crippen molar-refractivity contribution in [3.8, 4) is 0 Å². The minimum absolute atomic E-state index is 0.117. The highest BCUT2D eigenvalue weighted by atomic mass is 16.4. The van der Waals surface area contributed by atoms with E-state index in [1.165, 1.54) is 23.8 Å². The maximum atomic E-state index is 11.9. The average molecular weight is 281 g/mol. The Kier molecular flexibility index (Phi) is 4.63. The number of nitrogens with two attached hydrogens (primary N) is 1. The normalized spacial score (nSPS) is 11.7. The van der Waals surface area contributed by atoms with Gasteiger partial charge in [-0.05, 0) is 13.0 Å². The van der Waals surface area contributed by atoms with E-state index in [1.54, 1.807) is 7.05 Å². The molecule has 1 heterocycles. The summed E-state index contributed by atoms with van der Waals surface area (Å²) in [6.45, 7) is 1.35. The van der Waals surface area contributed by atoms with Gasteiger partial charge in [-0.1, -0.05) is 0 Å². The van der Waals surface area contributed by atoms with Gasteiger partial charge < -0.3 is 20.7 Å². The van der Waals surface area contributed by atoms with Gasteiger partial charge >= 0.3 is 5.97 Å². The number of ketones is 1. The summed E-state index contributed by atoms with van der Waals surface area (Å²) in [5.41, 5.74) is 5.37. The zero-order chi connectivity index (χ0) is 15.4. The van der Waals surface area contributed by atoms with Crippen LogP contribution >= 0.6 is 0 Å². The molecule has 0 spiro atoms. The van der Waals surface area contributed by atoms with E-state index in [4.69, 9.17) is 10.8 Å². The Morgan fingerprint density at radius 1 is 1.40 bits per heavy atom. The predicted octanol–water partition coefficient (Wildman–Crippen LogP) is -0.714. The van der Waals surface area contributed by atoms with E-state index in [0.29, 0.717) is 5.56 Å². The zero-order valence-electron chi connectivity index (χ0n) is 11.0. The first-order valence-electron chi connectivity index (χ1n) is 5.71. The van der Waals surface area contributed by atoms with Crippen LogP contribution in [0.25, 0.3) is 0 Å². The number of nitrogens with zero attached hydrogens (tertiary/aromatic N) is 1. The molecule has 1 aromatic heterocycles. The van der Waals surface area contributed by atoms with Crippen molar-refractivity contribution < 1.29 is 24.3 Å². The predicted molar refractivity (Wildman–Crippen MR) is 68.1 cm³/mol. The lowest BCUT2D eigenvalue weighted by molar-refractivity contribution is -0.140. The van der Waals surface area contributed by atoms with Crippen molar-refractivity contribution in [3.63, 3.8) is 0 Å². The van der Waals surface area contributed by atoms with Crippen LogP contribution in [-0.2, 0) is 16.6 Å². The third-order valence-corrected chi connectivity index (χ3v) is 2.65. The molecule has 0 bridgehead atoms. The van der Waals surface area contributed by atoms with Crippen molar-refractivity contribution in [3.05, 3.63) is 23.5 Å². The molecule has 0 fully saturated rings. The van der Waals surface area contributed by atoms with Gasteiger partial charge in [-0.2, -0.15) is 0 Å². The Morgan fingerprint density at radius 3 is 2.40 bits per heavy atom. The van der Waals surface area contributed by atoms with Crippen LogP contribution in [0.15, 0.2) is 12.3 Å². The molecule has 0 saturated heterocycles. The number of Topliss-reactive ketones (excluding diaryl/α,β-unsaturated/α-hetero) is 1. The lowest BCUT2D eigenvalue weighted by atomic mass is 10.2. The maximum absolute atomic E-state index is 11.9. The van der Waals surface area contributed by atoms with Crippen molar-refractivity contribution in [2.75, 3.05) is 0 Å². The maximum Gasteiger partial charge on any atom is 0.326 e. The molecule has 0 aromatic carbocycles. The Hall–Kier alpha value is -2.64. The fourth-order valence-electron chi connectivity index (χ4n) is 1.62. The average Bonchev–Trinajstić information content (AvgIpc) is 2.69. The zero-order valence-corrected chi connectivity index (χ0v) is 11.0. The monoisotopic (exact) mass is 281 g/mol. The molecule has 0 unspecified atom stereocenters. The second kappa shape index (κ2) is 6.00. The van der Waals surface area contributed by atoms with Gasteiger partial charge in [-0.3, -0.25) is 14.4 Å². The minimum Gasteiger partial charge on any atom is -0.480 e. The summed E-state index contributed by atoms with van der Waals surface area (Å²) in [4.78, 5) is 44.8. The molecule has 1 rings (SSSR count). The number of aliphatic carboxylic acids is 1. The number of aryl methyl sites for hydroxylation is 1. The second-order valence-corrected chi connectivity index (χ2v) is 4.32. The molecule has 20 heavy (non-hydrogen) atoms.